The van der Waals surface area contributed by atoms with Crippen molar-refractivity contribution < 1.29 is 14.1 Å². The number of rotatable bonds is 3. The Morgan fingerprint density at radius 3 is 2.78 bits per heavy atom. The highest BCUT2D eigenvalue weighted by Gasteiger charge is 2.11. The third-order valence-corrected chi connectivity index (χ3v) is 2.35. The van der Waals surface area contributed by atoms with Gasteiger partial charge < -0.3 is 20.3 Å². The van der Waals surface area contributed by atoms with Crippen LogP contribution in [-0.2, 0) is 0 Å². The maximum atomic E-state index is 11.8. The SMILES string of the molecule is COc1ccc(NC(=O)c2cc(C)on2)cc1N. The molecule has 1 amide bonds. The minimum Gasteiger partial charge on any atom is -0.495 e. The standard InChI is InChI=1S/C12H13N3O3/c1-7-5-10(15-18-7)12(16)14-8-3-4-11(17-2)9(13)6-8/h3-6H,13H2,1-2H3,(H,14,16). The number of ether oxygens (including phenoxy) is 1. The number of anilines is 2. The number of nitrogens with two attached hydrogens (primary N) is 1. The molecule has 0 spiro atoms. The van der Waals surface area contributed by atoms with Crippen molar-refractivity contribution >= 4 is 17.3 Å². The molecule has 94 valence electrons. The van der Waals surface area contributed by atoms with Crippen LogP contribution >= 0.6 is 0 Å². The summed E-state index contributed by atoms with van der Waals surface area (Å²) in [4.78, 5) is 11.8. The first-order chi connectivity index (χ1) is 8.60. The largest absolute Gasteiger partial charge is 0.495 e. The van der Waals surface area contributed by atoms with Gasteiger partial charge in [-0.15, -0.1) is 0 Å². The van der Waals surface area contributed by atoms with E-state index in [9.17, 15) is 4.79 Å². The van der Waals surface area contributed by atoms with Crippen molar-refractivity contribution in [1.29, 1.82) is 0 Å². The number of carbonyl (C=O) groups excluding carboxylic acids is 1. The van der Waals surface area contributed by atoms with Crippen molar-refractivity contribution in [2.24, 2.45) is 0 Å². The van der Waals surface area contributed by atoms with E-state index in [0.717, 1.165) is 0 Å². The number of hydrogen-bond donors (Lipinski definition) is 2. The first-order valence-corrected chi connectivity index (χ1v) is 5.28. The summed E-state index contributed by atoms with van der Waals surface area (Å²) in [6, 6.07) is 6.55. The molecule has 0 saturated heterocycles. The lowest BCUT2D eigenvalue weighted by Gasteiger charge is -2.07. The van der Waals surface area contributed by atoms with E-state index in [-0.39, 0.29) is 11.6 Å². The van der Waals surface area contributed by atoms with Crippen LogP contribution < -0.4 is 15.8 Å². The van der Waals surface area contributed by atoms with E-state index in [1.165, 1.54) is 7.11 Å². The van der Waals surface area contributed by atoms with E-state index in [1.54, 1.807) is 31.2 Å². The minimum atomic E-state index is -0.351. The van der Waals surface area contributed by atoms with Gasteiger partial charge in [0.2, 0.25) is 0 Å². The molecule has 2 rings (SSSR count). The molecule has 0 atom stereocenters. The van der Waals surface area contributed by atoms with Gasteiger partial charge in [0.1, 0.15) is 11.5 Å². The average Bonchev–Trinajstić information content (AvgIpc) is 2.76. The second-order valence-corrected chi connectivity index (χ2v) is 3.73. The first kappa shape index (κ1) is 12.0. The number of methoxy groups -OCH3 is 1. The van der Waals surface area contributed by atoms with Crippen molar-refractivity contribution in [3.63, 3.8) is 0 Å². The fourth-order valence-corrected chi connectivity index (χ4v) is 1.48. The van der Waals surface area contributed by atoms with Gasteiger partial charge in [0.05, 0.1) is 12.8 Å². The smallest absolute Gasteiger partial charge is 0.277 e. The highest BCUT2D eigenvalue weighted by molar-refractivity contribution is 6.03. The molecule has 0 unspecified atom stereocenters. The van der Waals surface area contributed by atoms with Crippen LogP contribution in [0.4, 0.5) is 11.4 Å². The van der Waals surface area contributed by atoms with Crippen molar-refractivity contribution in [2.75, 3.05) is 18.2 Å². The van der Waals surface area contributed by atoms with Gasteiger partial charge in [-0.05, 0) is 25.1 Å². The molecule has 1 aromatic carbocycles. The number of hydrogen-bond acceptors (Lipinski definition) is 5. The van der Waals surface area contributed by atoms with Gasteiger partial charge in [0.15, 0.2) is 5.69 Å². The van der Waals surface area contributed by atoms with Gasteiger partial charge in [-0.3, -0.25) is 4.79 Å². The molecule has 0 fully saturated rings. The van der Waals surface area contributed by atoms with E-state index in [1.807, 2.05) is 0 Å². The fraction of sp³-hybridized carbons (Fsp3) is 0.167. The molecule has 6 heteroatoms. The molecule has 18 heavy (non-hydrogen) atoms. The molecule has 0 aliphatic rings. The molecule has 0 bridgehead atoms. The first-order valence-electron chi connectivity index (χ1n) is 5.28. The van der Waals surface area contributed by atoms with Gasteiger partial charge in [-0.2, -0.15) is 0 Å². The van der Waals surface area contributed by atoms with Crippen molar-refractivity contribution in [2.45, 2.75) is 6.92 Å². The van der Waals surface area contributed by atoms with Gasteiger partial charge in [0, 0.05) is 11.8 Å². The maximum Gasteiger partial charge on any atom is 0.277 e. The number of carbonyl (C=O) groups is 1. The predicted octanol–water partition coefficient (Wildman–Crippen LogP) is 1.83. The average molecular weight is 247 g/mol. The summed E-state index contributed by atoms with van der Waals surface area (Å²) in [6.45, 7) is 1.72. The highest BCUT2D eigenvalue weighted by Crippen LogP contribution is 2.24. The number of aromatic nitrogens is 1. The molecule has 0 aliphatic heterocycles. The molecule has 1 heterocycles. The van der Waals surface area contributed by atoms with Crippen LogP contribution in [0.2, 0.25) is 0 Å². The summed E-state index contributed by atoms with van der Waals surface area (Å²) in [5.74, 6) is 0.788. The quantitative estimate of drug-likeness (QED) is 0.807. The fourth-order valence-electron chi connectivity index (χ4n) is 1.48. The molecule has 6 nitrogen and oxygen atoms in total. The Bertz CT molecular complexity index is 578. The van der Waals surface area contributed by atoms with Crippen LogP contribution in [-0.4, -0.2) is 18.2 Å². The van der Waals surface area contributed by atoms with Gasteiger partial charge in [0.25, 0.3) is 5.91 Å². The van der Waals surface area contributed by atoms with Crippen LogP contribution in [0.1, 0.15) is 16.2 Å². The minimum absolute atomic E-state index is 0.224. The predicted molar refractivity (Wildman–Crippen MR) is 66.6 cm³/mol. The second-order valence-electron chi connectivity index (χ2n) is 3.73. The number of amides is 1. The zero-order valence-electron chi connectivity index (χ0n) is 10.1. The third kappa shape index (κ3) is 2.42. The summed E-state index contributed by atoms with van der Waals surface area (Å²) in [5.41, 5.74) is 6.98. The zero-order valence-corrected chi connectivity index (χ0v) is 10.1. The van der Waals surface area contributed by atoms with Crippen LogP contribution in [0, 0.1) is 6.92 Å². The summed E-state index contributed by atoms with van der Waals surface area (Å²) in [7, 11) is 1.53. The maximum absolute atomic E-state index is 11.8. The lowest BCUT2D eigenvalue weighted by Crippen LogP contribution is -2.12. The molecular weight excluding hydrogens is 234 g/mol. The zero-order chi connectivity index (χ0) is 13.1. The second kappa shape index (κ2) is 4.79. The van der Waals surface area contributed by atoms with E-state index >= 15 is 0 Å². The molecule has 0 aliphatic carbocycles. The van der Waals surface area contributed by atoms with Crippen molar-refractivity contribution in [3.8, 4) is 5.75 Å². The van der Waals surface area contributed by atoms with Crippen LogP contribution in [0.25, 0.3) is 0 Å². The normalized spacial score (nSPS) is 10.1. The highest BCUT2D eigenvalue weighted by atomic mass is 16.5. The third-order valence-electron chi connectivity index (χ3n) is 2.35. The Kier molecular flexibility index (Phi) is 3.18. The lowest BCUT2D eigenvalue weighted by atomic mass is 10.2. The number of nitrogens with zero attached hydrogens (tertiary/aromatic N) is 1. The topological polar surface area (TPSA) is 90.4 Å². The summed E-state index contributed by atoms with van der Waals surface area (Å²) in [6.07, 6.45) is 0. The molecule has 2 aromatic rings. The molecule has 0 saturated carbocycles. The van der Waals surface area contributed by atoms with Crippen LogP contribution in [0.3, 0.4) is 0 Å². The molecular formula is C12H13N3O3. The van der Waals surface area contributed by atoms with Gasteiger partial charge in [-0.25, -0.2) is 0 Å². The Labute approximate surface area is 104 Å². The Balaban J connectivity index is 2.14. The van der Waals surface area contributed by atoms with Crippen molar-refractivity contribution in [1.82, 2.24) is 5.16 Å². The van der Waals surface area contributed by atoms with E-state index in [4.69, 9.17) is 15.0 Å². The Morgan fingerprint density at radius 2 is 2.22 bits per heavy atom. The monoisotopic (exact) mass is 247 g/mol. The van der Waals surface area contributed by atoms with Gasteiger partial charge >= 0.3 is 0 Å². The van der Waals surface area contributed by atoms with Crippen LogP contribution in [0.15, 0.2) is 28.8 Å². The van der Waals surface area contributed by atoms with Gasteiger partial charge in [-0.1, -0.05) is 5.16 Å². The Morgan fingerprint density at radius 1 is 1.44 bits per heavy atom. The molecule has 1 aromatic heterocycles. The summed E-state index contributed by atoms with van der Waals surface area (Å²) >= 11 is 0. The molecule has 3 N–H and O–H groups in total. The lowest BCUT2D eigenvalue weighted by molar-refractivity contribution is 0.101. The van der Waals surface area contributed by atoms with Crippen molar-refractivity contribution in [3.05, 3.63) is 35.7 Å². The van der Waals surface area contributed by atoms with E-state index < -0.39 is 0 Å². The Hall–Kier alpha value is -2.50. The van der Waals surface area contributed by atoms with Crippen LogP contribution in [0.5, 0.6) is 5.75 Å². The summed E-state index contributed by atoms with van der Waals surface area (Å²) < 4.78 is 9.86. The number of nitrogens with one attached hydrogen (secondary N) is 1. The van der Waals surface area contributed by atoms with E-state index in [0.29, 0.717) is 22.9 Å². The number of benzene rings is 1. The summed E-state index contributed by atoms with van der Waals surface area (Å²) in [5, 5.41) is 6.29. The van der Waals surface area contributed by atoms with E-state index in [2.05, 4.69) is 10.5 Å². The molecule has 0 radical (unpaired) electrons. The number of nitrogen functional groups attached to an aromatic ring is 1. The number of aryl methyl sites for hydroxylation is 1.